The monoisotopic (exact) mass is 359 g/mol. The highest BCUT2D eigenvalue weighted by Crippen LogP contribution is 2.53. The van der Waals surface area contributed by atoms with E-state index in [4.69, 9.17) is 4.74 Å². The minimum absolute atomic E-state index is 0.0626. The van der Waals surface area contributed by atoms with Crippen LogP contribution in [0.3, 0.4) is 0 Å². The van der Waals surface area contributed by atoms with Gasteiger partial charge in [-0.2, -0.15) is 0 Å². The smallest absolute Gasteiger partial charge is 0.314 e. The zero-order valence-electron chi connectivity index (χ0n) is 15.0. The highest BCUT2D eigenvalue weighted by atomic mass is 16.6. The lowest BCUT2D eigenvalue weighted by atomic mass is 9.62. The normalized spacial score (nSPS) is 49.2. The third-order valence-electron chi connectivity index (χ3n) is 7.57. The number of aliphatic hydroxyl groups is 1. The van der Waals surface area contributed by atoms with E-state index in [2.05, 4.69) is 12.2 Å². The van der Waals surface area contributed by atoms with Crippen LogP contribution in [0, 0.1) is 35.5 Å². The second-order valence-electron chi connectivity index (χ2n) is 8.73. The molecule has 6 nitrogen and oxygen atoms in total. The number of ketones is 1. The number of esters is 1. The number of amides is 1. The summed E-state index contributed by atoms with van der Waals surface area (Å²) in [5, 5.41) is 11.1. The molecule has 0 spiro atoms. The Balaban J connectivity index is 1.50. The molecule has 3 aliphatic heterocycles. The largest absolute Gasteiger partial charge is 0.455 e. The van der Waals surface area contributed by atoms with Gasteiger partial charge in [-0.25, -0.2) is 0 Å². The molecule has 1 saturated carbocycles. The second-order valence-corrected chi connectivity index (χ2v) is 8.73. The molecule has 6 heteroatoms. The van der Waals surface area contributed by atoms with Crippen LogP contribution >= 0.6 is 0 Å². The third kappa shape index (κ3) is 1.89. The first kappa shape index (κ1) is 16.5. The maximum absolute atomic E-state index is 13.6. The van der Waals surface area contributed by atoms with Crippen LogP contribution in [-0.4, -0.2) is 46.0 Å². The van der Waals surface area contributed by atoms with Gasteiger partial charge in [0.05, 0.1) is 0 Å². The summed E-state index contributed by atoms with van der Waals surface area (Å²) in [5.74, 6) is -2.24. The molecule has 1 N–H and O–H groups in total. The van der Waals surface area contributed by atoms with E-state index in [9.17, 15) is 19.5 Å². The molecule has 26 heavy (non-hydrogen) atoms. The molecular weight excluding hydrogens is 334 g/mol. The summed E-state index contributed by atoms with van der Waals surface area (Å²) < 4.78 is 5.40. The average Bonchev–Trinajstić information content (AvgIpc) is 3.17. The van der Waals surface area contributed by atoms with Crippen LogP contribution < -0.4 is 0 Å². The summed E-state index contributed by atoms with van der Waals surface area (Å²) in [7, 11) is 0. The fourth-order valence-electron chi connectivity index (χ4n) is 6.32. The molecule has 0 aromatic rings. The molecule has 8 atom stereocenters. The number of nitrogens with zero attached hydrogens (tertiary/aromatic N) is 1. The van der Waals surface area contributed by atoms with Crippen molar-refractivity contribution in [1.29, 1.82) is 0 Å². The first-order chi connectivity index (χ1) is 12.4. The molecule has 2 aliphatic carbocycles. The number of hydrogen-bond donors (Lipinski definition) is 1. The fourth-order valence-corrected chi connectivity index (χ4v) is 6.32. The Morgan fingerprint density at radius 2 is 2.00 bits per heavy atom. The van der Waals surface area contributed by atoms with Gasteiger partial charge in [-0.15, -0.1) is 0 Å². The SMILES string of the molecule is C[C@H]1C=C[C@H]2CCCC[C@@H]2[C@H]1C(=O)[C@@H]1C(=O)N2CC[C@H]3C(=O)O[C@@H]1[C@]32O. The van der Waals surface area contributed by atoms with Gasteiger partial charge in [-0.3, -0.25) is 14.4 Å². The number of rotatable bonds is 2. The molecule has 0 radical (unpaired) electrons. The van der Waals surface area contributed by atoms with Crippen LogP contribution in [0.4, 0.5) is 0 Å². The van der Waals surface area contributed by atoms with E-state index in [0.717, 1.165) is 19.3 Å². The van der Waals surface area contributed by atoms with Crippen molar-refractivity contribution >= 4 is 17.7 Å². The van der Waals surface area contributed by atoms with Gasteiger partial charge in [0.2, 0.25) is 5.91 Å². The fraction of sp³-hybridized carbons (Fsp3) is 0.750. The highest BCUT2D eigenvalue weighted by molar-refractivity contribution is 6.07. The Morgan fingerprint density at radius 1 is 1.23 bits per heavy atom. The number of fused-ring (bicyclic) bond motifs is 1. The molecule has 0 unspecified atom stereocenters. The van der Waals surface area contributed by atoms with E-state index < -0.39 is 29.6 Å². The Hall–Kier alpha value is -1.69. The summed E-state index contributed by atoms with van der Waals surface area (Å²) in [6, 6.07) is 0. The topological polar surface area (TPSA) is 83.9 Å². The summed E-state index contributed by atoms with van der Waals surface area (Å²) >= 11 is 0. The number of Topliss-reactive ketones (excluding diaryl/α,β-unsaturated/α-hetero) is 1. The molecule has 0 aromatic heterocycles. The molecule has 3 saturated heterocycles. The minimum atomic E-state index is -1.62. The first-order valence-corrected chi connectivity index (χ1v) is 9.91. The molecule has 4 fully saturated rings. The van der Waals surface area contributed by atoms with Gasteiger partial charge in [-0.05, 0) is 37.0 Å². The third-order valence-corrected chi connectivity index (χ3v) is 7.57. The van der Waals surface area contributed by atoms with Gasteiger partial charge < -0.3 is 14.7 Å². The van der Waals surface area contributed by atoms with Crippen molar-refractivity contribution in [3.05, 3.63) is 12.2 Å². The number of carbonyl (C=O) groups is 3. The Morgan fingerprint density at radius 3 is 2.81 bits per heavy atom. The molecule has 0 aromatic carbocycles. The second kappa shape index (κ2) is 5.41. The van der Waals surface area contributed by atoms with Crippen LogP contribution in [-0.2, 0) is 19.1 Å². The standard InChI is InChI=1S/C20H25NO5/c1-10-6-7-11-4-2-3-5-12(11)14(10)16(22)15-17-20(25)13(19(24)26-17)8-9-21(20)18(15)23/h6-7,10-15,17,25H,2-5,8-9H2,1H3/t10-,11+,12-,13-,14-,15-,17-,20+/m0/s1. The van der Waals surface area contributed by atoms with Crippen LogP contribution in [0.2, 0.25) is 0 Å². The van der Waals surface area contributed by atoms with Crippen molar-refractivity contribution in [2.75, 3.05) is 6.54 Å². The first-order valence-electron chi connectivity index (χ1n) is 9.91. The predicted molar refractivity (Wildman–Crippen MR) is 90.4 cm³/mol. The summed E-state index contributed by atoms with van der Waals surface area (Å²) in [6.45, 7) is 2.35. The van der Waals surface area contributed by atoms with Crippen LogP contribution in [0.15, 0.2) is 12.2 Å². The van der Waals surface area contributed by atoms with Gasteiger partial charge in [0.15, 0.2) is 17.6 Å². The van der Waals surface area contributed by atoms with E-state index in [1.807, 2.05) is 6.92 Å². The van der Waals surface area contributed by atoms with E-state index in [0.29, 0.717) is 18.9 Å². The quantitative estimate of drug-likeness (QED) is 0.456. The summed E-state index contributed by atoms with van der Waals surface area (Å²) in [4.78, 5) is 40.0. The van der Waals surface area contributed by atoms with Crippen molar-refractivity contribution in [2.45, 2.75) is 50.9 Å². The van der Waals surface area contributed by atoms with E-state index in [1.165, 1.54) is 11.3 Å². The highest BCUT2D eigenvalue weighted by Gasteiger charge is 2.74. The summed E-state index contributed by atoms with van der Waals surface area (Å²) in [5.41, 5.74) is -1.62. The van der Waals surface area contributed by atoms with Crippen molar-refractivity contribution in [3.8, 4) is 0 Å². The lowest BCUT2D eigenvalue weighted by Gasteiger charge is -2.41. The number of carbonyl (C=O) groups excluding carboxylic acids is 3. The Labute approximate surface area is 152 Å². The van der Waals surface area contributed by atoms with Gasteiger partial charge in [0, 0.05) is 12.5 Å². The lowest BCUT2D eigenvalue weighted by molar-refractivity contribution is -0.150. The maximum Gasteiger partial charge on any atom is 0.314 e. The molecule has 0 bridgehead atoms. The van der Waals surface area contributed by atoms with Crippen molar-refractivity contribution in [1.82, 2.24) is 4.90 Å². The number of allylic oxidation sites excluding steroid dienone is 2. The molecule has 3 heterocycles. The minimum Gasteiger partial charge on any atom is -0.455 e. The molecule has 1 amide bonds. The molecular formula is C20H25NO5. The maximum atomic E-state index is 13.6. The van der Waals surface area contributed by atoms with Gasteiger partial charge in [0.25, 0.3) is 0 Å². The van der Waals surface area contributed by atoms with Gasteiger partial charge >= 0.3 is 5.97 Å². The van der Waals surface area contributed by atoms with Crippen molar-refractivity contribution in [2.24, 2.45) is 35.5 Å². The molecule has 140 valence electrons. The lowest BCUT2D eigenvalue weighted by Crippen LogP contribution is -2.48. The number of hydrogen-bond acceptors (Lipinski definition) is 5. The van der Waals surface area contributed by atoms with E-state index in [-0.39, 0.29) is 29.4 Å². The van der Waals surface area contributed by atoms with Gasteiger partial charge in [0.1, 0.15) is 11.8 Å². The van der Waals surface area contributed by atoms with Gasteiger partial charge in [-0.1, -0.05) is 31.9 Å². The average molecular weight is 359 g/mol. The molecule has 5 rings (SSSR count). The van der Waals surface area contributed by atoms with E-state index in [1.54, 1.807) is 0 Å². The van der Waals surface area contributed by atoms with Crippen molar-refractivity contribution in [3.63, 3.8) is 0 Å². The zero-order valence-corrected chi connectivity index (χ0v) is 15.0. The Kier molecular flexibility index (Phi) is 3.43. The predicted octanol–water partition coefficient (Wildman–Crippen LogP) is 1.28. The van der Waals surface area contributed by atoms with Crippen LogP contribution in [0.5, 0.6) is 0 Å². The summed E-state index contributed by atoms with van der Waals surface area (Å²) in [6.07, 6.45) is 8.10. The van der Waals surface area contributed by atoms with E-state index >= 15 is 0 Å². The Bertz CT molecular complexity index is 717. The van der Waals surface area contributed by atoms with Crippen LogP contribution in [0.1, 0.15) is 39.0 Å². The zero-order chi connectivity index (χ0) is 18.2. The van der Waals surface area contributed by atoms with Crippen molar-refractivity contribution < 1.29 is 24.2 Å². The number of ether oxygens (including phenoxy) is 1. The van der Waals surface area contributed by atoms with Crippen LogP contribution in [0.25, 0.3) is 0 Å². The molecule has 5 aliphatic rings.